The van der Waals surface area contributed by atoms with E-state index in [1.165, 1.54) is 0 Å². The zero-order chi connectivity index (χ0) is 12.2. The average Bonchev–Trinajstić information content (AvgIpc) is 2.93. The van der Waals surface area contributed by atoms with Crippen LogP contribution in [-0.4, -0.2) is 29.2 Å². The van der Waals surface area contributed by atoms with E-state index in [1.54, 1.807) is 18.6 Å². The van der Waals surface area contributed by atoms with Gasteiger partial charge in [0.05, 0.1) is 0 Å². The Balaban J connectivity index is 1.90. The van der Waals surface area contributed by atoms with Crippen LogP contribution in [0, 0.1) is 0 Å². The Morgan fingerprint density at radius 1 is 1.17 bits per heavy atom. The van der Waals surface area contributed by atoms with Crippen LogP contribution in [0.1, 0.15) is 6.42 Å². The van der Waals surface area contributed by atoms with Gasteiger partial charge in [-0.3, -0.25) is 9.97 Å². The number of hydrogen-bond donors (Lipinski definition) is 1. The zero-order valence-corrected chi connectivity index (χ0v) is 10.0. The first-order valence-corrected chi connectivity index (χ1v) is 6.16. The fraction of sp³-hybridized carbons (Fsp3) is 0.286. The molecule has 3 rings (SSSR count). The van der Waals surface area contributed by atoms with E-state index in [0.29, 0.717) is 0 Å². The van der Waals surface area contributed by atoms with E-state index in [9.17, 15) is 0 Å². The van der Waals surface area contributed by atoms with Gasteiger partial charge in [0, 0.05) is 30.7 Å². The fourth-order valence-corrected chi connectivity index (χ4v) is 2.12. The van der Waals surface area contributed by atoms with E-state index in [4.69, 9.17) is 4.74 Å². The summed E-state index contributed by atoms with van der Waals surface area (Å²) in [7, 11) is 0. The summed E-state index contributed by atoms with van der Waals surface area (Å²) in [6.45, 7) is 1.93. The van der Waals surface area contributed by atoms with Crippen LogP contribution in [0.25, 0.3) is 11.3 Å². The first-order valence-electron chi connectivity index (χ1n) is 6.16. The second kappa shape index (κ2) is 5.14. The first kappa shape index (κ1) is 11.2. The molecule has 2 aromatic heterocycles. The molecule has 3 heterocycles. The van der Waals surface area contributed by atoms with Gasteiger partial charge >= 0.3 is 0 Å². The highest BCUT2D eigenvalue weighted by Gasteiger charge is 2.18. The van der Waals surface area contributed by atoms with E-state index in [0.717, 1.165) is 36.5 Å². The van der Waals surface area contributed by atoms with Gasteiger partial charge in [0.15, 0.2) is 0 Å². The lowest BCUT2D eigenvalue weighted by Crippen LogP contribution is -2.20. The number of ether oxygens (including phenoxy) is 1. The molecule has 1 aliphatic rings. The van der Waals surface area contributed by atoms with Gasteiger partial charge < -0.3 is 10.1 Å². The lowest BCUT2D eigenvalue weighted by Gasteiger charge is -2.15. The molecule has 0 aliphatic carbocycles. The summed E-state index contributed by atoms with van der Waals surface area (Å²) in [4.78, 5) is 8.44. The Kier molecular flexibility index (Phi) is 3.19. The molecule has 18 heavy (non-hydrogen) atoms. The molecule has 1 fully saturated rings. The van der Waals surface area contributed by atoms with Crippen LogP contribution in [0.2, 0.25) is 0 Å². The maximum absolute atomic E-state index is 6.02. The molecular weight excluding hydrogens is 226 g/mol. The van der Waals surface area contributed by atoms with E-state index in [1.807, 2.05) is 24.3 Å². The van der Waals surface area contributed by atoms with Crippen molar-refractivity contribution >= 4 is 0 Å². The second-order valence-electron chi connectivity index (χ2n) is 4.32. The van der Waals surface area contributed by atoms with Crippen molar-refractivity contribution < 1.29 is 4.74 Å². The monoisotopic (exact) mass is 241 g/mol. The van der Waals surface area contributed by atoms with E-state index in [-0.39, 0.29) is 6.10 Å². The van der Waals surface area contributed by atoms with Gasteiger partial charge in [0.1, 0.15) is 17.5 Å². The Morgan fingerprint density at radius 3 is 2.83 bits per heavy atom. The minimum atomic E-state index is 0.245. The largest absolute Gasteiger partial charge is 0.487 e. The quantitative estimate of drug-likeness (QED) is 0.891. The van der Waals surface area contributed by atoms with E-state index in [2.05, 4.69) is 15.3 Å². The van der Waals surface area contributed by atoms with Crippen molar-refractivity contribution in [3.8, 4) is 17.0 Å². The molecule has 0 spiro atoms. The molecular formula is C14H15N3O. The van der Waals surface area contributed by atoms with Gasteiger partial charge in [0.2, 0.25) is 0 Å². The number of nitrogens with zero attached hydrogens (tertiary/aromatic N) is 2. The van der Waals surface area contributed by atoms with Gasteiger partial charge in [-0.05, 0) is 37.2 Å². The molecule has 1 N–H and O–H groups in total. The normalized spacial score (nSPS) is 18.8. The maximum atomic E-state index is 6.02. The molecule has 0 saturated carbocycles. The van der Waals surface area contributed by atoms with Crippen LogP contribution in [0.15, 0.2) is 42.9 Å². The third-order valence-electron chi connectivity index (χ3n) is 3.03. The number of hydrogen-bond acceptors (Lipinski definition) is 4. The highest BCUT2D eigenvalue weighted by Crippen LogP contribution is 2.28. The molecule has 0 bridgehead atoms. The second-order valence-corrected chi connectivity index (χ2v) is 4.32. The predicted octanol–water partition coefficient (Wildman–Crippen LogP) is 1.88. The molecule has 1 saturated heterocycles. The van der Waals surface area contributed by atoms with Gasteiger partial charge in [-0.15, -0.1) is 0 Å². The van der Waals surface area contributed by atoms with E-state index >= 15 is 0 Å². The summed E-state index contributed by atoms with van der Waals surface area (Å²) in [5, 5.41) is 3.30. The maximum Gasteiger partial charge on any atom is 0.146 e. The van der Waals surface area contributed by atoms with Crippen LogP contribution >= 0.6 is 0 Å². The van der Waals surface area contributed by atoms with Gasteiger partial charge in [-0.2, -0.15) is 0 Å². The first-order chi connectivity index (χ1) is 8.93. The Morgan fingerprint density at radius 2 is 2.06 bits per heavy atom. The van der Waals surface area contributed by atoms with Crippen molar-refractivity contribution in [3.05, 3.63) is 42.9 Å². The lowest BCUT2D eigenvalue weighted by atomic mass is 10.1. The minimum Gasteiger partial charge on any atom is -0.487 e. The standard InChI is InChI=1S/C14H15N3O/c1-2-13(18-12-5-9-16-10-12)14(17-6-1)11-3-7-15-8-4-11/h1-4,6-8,12,16H,5,9-10H2. The fourth-order valence-electron chi connectivity index (χ4n) is 2.12. The van der Waals surface area contributed by atoms with Crippen LogP contribution in [0.3, 0.4) is 0 Å². The molecule has 0 radical (unpaired) electrons. The van der Waals surface area contributed by atoms with Crippen molar-refractivity contribution in [1.82, 2.24) is 15.3 Å². The van der Waals surface area contributed by atoms with Gasteiger partial charge in [0.25, 0.3) is 0 Å². The van der Waals surface area contributed by atoms with Crippen LogP contribution < -0.4 is 10.1 Å². The smallest absolute Gasteiger partial charge is 0.146 e. The molecule has 4 nitrogen and oxygen atoms in total. The molecule has 4 heteroatoms. The van der Waals surface area contributed by atoms with Crippen molar-refractivity contribution in [2.24, 2.45) is 0 Å². The molecule has 0 amide bonds. The van der Waals surface area contributed by atoms with Crippen molar-refractivity contribution in [3.63, 3.8) is 0 Å². The topological polar surface area (TPSA) is 47.0 Å². The summed E-state index contributed by atoms with van der Waals surface area (Å²) < 4.78 is 6.02. The van der Waals surface area contributed by atoms with Gasteiger partial charge in [-0.1, -0.05) is 0 Å². The highest BCUT2D eigenvalue weighted by molar-refractivity contribution is 5.65. The SMILES string of the molecule is c1cnc(-c2ccncc2)c(OC2CCNC2)c1. The number of pyridine rings is 2. The Hall–Kier alpha value is -1.94. The van der Waals surface area contributed by atoms with Crippen LogP contribution in [-0.2, 0) is 0 Å². The van der Waals surface area contributed by atoms with Crippen LogP contribution in [0.5, 0.6) is 5.75 Å². The number of nitrogens with one attached hydrogen (secondary N) is 1. The van der Waals surface area contributed by atoms with Gasteiger partial charge in [-0.25, -0.2) is 0 Å². The molecule has 1 atom stereocenters. The summed E-state index contributed by atoms with van der Waals surface area (Å²) in [5.41, 5.74) is 1.92. The zero-order valence-electron chi connectivity index (χ0n) is 10.0. The van der Waals surface area contributed by atoms with Crippen molar-refractivity contribution in [2.75, 3.05) is 13.1 Å². The lowest BCUT2D eigenvalue weighted by molar-refractivity contribution is 0.223. The highest BCUT2D eigenvalue weighted by atomic mass is 16.5. The third-order valence-corrected chi connectivity index (χ3v) is 3.03. The predicted molar refractivity (Wildman–Crippen MR) is 69.4 cm³/mol. The van der Waals surface area contributed by atoms with Crippen molar-refractivity contribution in [2.45, 2.75) is 12.5 Å². The van der Waals surface area contributed by atoms with Crippen LogP contribution in [0.4, 0.5) is 0 Å². The molecule has 0 aromatic carbocycles. The Labute approximate surface area is 106 Å². The molecule has 92 valence electrons. The Bertz CT molecular complexity index is 509. The minimum absolute atomic E-state index is 0.245. The summed E-state index contributed by atoms with van der Waals surface area (Å²) >= 11 is 0. The summed E-state index contributed by atoms with van der Waals surface area (Å²) in [6, 6.07) is 7.77. The summed E-state index contributed by atoms with van der Waals surface area (Å²) in [5.74, 6) is 0.845. The number of aromatic nitrogens is 2. The average molecular weight is 241 g/mol. The molecule has 1 aliphatic heterocycles. The molecule has 2 aromatic rings. The van der Waals surface area contributed by atoms with E-state index < -0.39 is 0 Å². The third kappa shape index (κ3) is 2.33. The van der Waals surface area contributed by atoms with Crippen molar-refractivity contribution in [1.29, 1.82) is 0 Å². The molecule has 1 unspecified atom stereocenters. The number of rotatable bonds is 3. The summed E-state index contributed by atoms with van der Waals surface area (Å²) in [6.07, 6.45) is 6.62.